The Hall–Kier alpha value is -1.96. The zero-order valence-corrected chi connectivity index (χ0v) is 11.2. The quantitative estimate of drug-likeness (QED) is 0.557. The molecule has 106 valence electrons. The van der Waals surface area contributed by atoms with Crippen LogP contribution in [0.15, 0.2) is 0 Å². The summed E-state index contributed by atoms with van der Waals surface area (Å²) >= 11 is 0. The highest BCUT2D eigenvalue weighted by molar-refractivity contribution is 5.62. The van der Waals surface area contributed by atoms with Crippen molar-refractivity contribution in [1.82, 2.24) is 9.97 Å². The minimum absolute atomic E-state index is 0.00228. The summed E-state index contributed by atoms with van der Waals surface area (Å²) in [6, 6.07) is 0. The second kappa shape index (κ2) is 6.83. The average Bonchev–Trinajstić information content (AvgIpc) is 2.32. The summed E-state index contributed by atoms with van der Waals surface area (Å²) in [5.74, 6) is 0.176. The lowest BCUT2D eigenvalue weighted by Gasteiger charge is -2.22. The number of aryl methyl sites for hydroxylation is 1. The van der Waals surface area contributed by atoms with Crippen molar-refractivity contribution in [2.75, 3.05) is 30.3 Å². The molecule has 1 aromatic rings. The van der Waals surface area contributed by atoms with Gasteiger partial charge in [-0.2, -0.15) is 4.98 Å². The van der Waals surface area contributed by atoms with Crippen LogP contribution in [0.25, 0.3) is 0 Å². The molecule has 1 heterocycles. The average molecular weight is 269 g/mol. The van der Waals surface area contributed by atoms with Gasteiger partial charge >= 0.3 is 5.69 Å². The molecule has 0 aliphatic carbocycles. The van der Waals surface area contributed by atoms with Gasteiger partial charge in [-0.25, -0.2) is 4.98 Å². The Morgan fingerprint density at radius 3 is 2.63 bits per heavy atom. The lowest BCUT2D eigenvalue weighted by Crippen LogP contribution is -2.30. The summed E-state index contributed by atoms with van der Waals surface area (Å²) in [6.07, 6.45) is 1.79. The van der Waals surface area contributed by atoms with Crippen molar-refractivity contribution in [1.29, 1.82) is 0 Å². The normalized spacial score (nSPS) is 10.5. The van der Waals surface area contributed by atoms with Gasteiger partial charge in [-0.1, -0.05) is 13.3 Å². The lowest BCUT2D eigenvalue weighted by atomic mass is 10.2. The van der Waals surface area contributed by atoms with Crippen molar-refractivity contribution in [2.45, 2.75) is 26.7 Å². The zero-order valence-electron chi connectivity index (χ0n) is 11.2. The van der Waals surface area contributed by atoms with Gasteiger partial charge in [0.15, 0.2) is 0 Å². The van der Waals surface area contributed by atoms with E-state index < -0.39 is 4.92 Å². The maximum Gasteiger partial charge on any atom is 0.332 e. The van der Waals surface area contributed by atoms with E-state index in [2.05, 4.69) is 9.97 Å². The molecule has 0 spiro atoms. The maximum atomic E-state index is 11.1. The molecule has 0 fully saturated rings. The molecule has 0 saturated heterocycles. The van der Waals surface area contributed by atoms with Crippen molar-refractivity contribution in [2.24, 2.45) is 0 Å². The largest absolute Gasteiger partial charge is 0.395 e. The Morgan fingerprint density at radius 2 is 2.11 bits per heavy atom. The first-order valence-electron chi connectivity index (χ1n) is 6.15. The highest BCUT2D eigenvalue weighted by Crippen LogP contribution is 2.29. The van der Waals surface area contributed by atoms with Gasteiger partial charge in [0.05, 0.1) is 11.5 Å². The van der Waals surface area contributed by atoms with Crippen molar-refractivity contribution in [3.63, 3.8) is 0 Å². The second-order valence-electron chi connectivity index (χ2n) is 4.16. The highest BCUT2D eigenvalue weighted by Gasteiger charge is 2.25. The number of anilines is 2. The highest BCUT2D eigenvalue weighted by atomic mass is 16.6. The molecule has 0 saturated carbocycles. The number of aliphatic hydroxyl groups excluding tert-OH is 1. The van der Waals surface area contributed by atoms with Crippen molar-refractivity contribution >= 4 is 17.5 Å². The second-order valence-corrected chi connectivity index (χ2v) is 4.16. The van der Waals surface area contributed by atoms with Gasteiger partial charge < -0.3 is 15.7 Å². The van der Waals surface area contributed by atoms with Gasteiger partial charge in [0.2, 0.25) is 11.8 Å². The molecule has 8 nitrogen and oxygen atoms in total. The van der Waals surface area contributed by atoms with Gasteiger partial charge in [-0.3, -0.25) is 10.1 Å². The Labute approximate surface area is 111 Å². The summed E-state index contributed by atoms with van der Waals surface area (Å²) in [5.41, 5.74) is 5.63. The van der Waals surface area contributed by atoms with Crippen LogP contribution in [0.5, 0.6) is 0 Å². The van der Waals surface area contributed by atoms with Crippen LogP contribution in [0.1, 0.15) is 25.5 Å². The molecule has 0 bridgehead atoms. The SMILES string of the molecule is CCCCN(CCO)c1nc(N)nc(C)c1[N+](=O)[O-]. The summed E-state index contributed by atoms with van der Waals surface area (Å²) in [4.78, 5) is 20.1. The first kappa shape index (κ1) is 15.1. The number of aliphatic hydroxyl groups is 1. The molecular weight excluding hydrogens is 250 g/mol. The predicted molar refractivity (Wildman–Crippen MR) is 72.0 cm³/mol. The molecule has 1 rings (SSSR count). The molecule has 0 aliphatic rings. The minimum Gasteiger partial charge on any atom is -0.395 e. The van der Waals surface area contributed by atoms with E-state index in [-0.39, 0.29) is 36.3 Å². The Morgan fingerprint density at radius 1 is 1.42 bits per heavy atom. The van der Waals surface area contributed by atoms with Crippen molar-refractivity contribution < 1.29 is 10.0 Å². The van der Waals surface area contributed by atoms with Crippen LogP contribution in [-0.4, -0.2) is 39.7 Å². The zero-order chi connectivity index (χ0) is 14.4. The van der Waals surface area contributed by atoms with Crippen LogP contribution in [0.3, 0.4) is 0 Å². The molecule has 19 heavy (non-hydrogen) atoms. The molecule has 0 amide bonds. The number of aromatic nitrogens is 2. The molecule has 3 N–H and O–H groups in total. The van der Waals surface area contributed by atoms with Crippen molar-refractivity contribution in [3.8, 4) is 0 Å². The van der Waals surface area contributed by atoms with E-state index in [0.29, 0.717) is 6.54 Å². The smallest absolute Gasteiger partial charge is 0.332 e. The fourth-order valence-corrected chi connectivity index (χ4v) is 1.80. The Balaban J connectivity index is 3.22. The molecule has 8 heteroatoms. The van der Waals surface area contributed by atoms with Gasteiger partial charge in [0.1, 0.15) is 5.69 Å². The molecule has 0 atom stereocenters. The number of nitrogen functional groups attached to an aromatic ring is 1. The van der Waals surface area contributed by atoms with Crippen LogP contribution in [0.2, 0.25) is 0 Å². The Kier molecular flexibility index (Phi) is 5.43. The van der Waals surface area contributed by atoms with Crippen molar-refractivity contribution in [3.05, 3.63) is 15.8 Å². The summed E-state index contributed by atoms with van der Waals surface area (Å²) in [6.45, 7) is 4.29. The van der Waals surface area contributed by atoms with Crippen LogP contribution >= 0.6 is 0 Å². The maximum absolute atomic E-state index is 11.1. The van der Waals surface area contributed by atoms with E-state index in [1.54, 1.807) is 4.90 Å². The fourth-order valence-electron chi connectivity index (χ4n) is 1.80. The van der Waals surface area contributed by atoms with Crippen LogP contribution in [0, 0.1) is 17.0 Å². The number of hydrogen-bond donors (Lipinski definition) is 2. The lowest BCUT2D eigenvalue weighted by molar-refractivity contribution is -0.385. The summed E-state index contributed by atoms with van der Waals surface area (Å²) in [7, 11) is 0. The standard InChI is InChI=1S/C11H19N5O3/c1-3-4-5-15(6-7-17)10-9(16(18)19)8(2)13-11(12)14-10/h17H,3-7H2,1-2H3,(H2,12,13,14). The summed E-state index contributed by atoms with van der Waals surface area (Å²) < 4.78 is 0. The van der Waals surface area contributed by atoms with Gasteiger partial charge in [0, 0.05) is 13.1 Å². The molecule has 0 radical (unpaired) electrons. The number of unbranched alkanes of at least 4 members (excludes halogenated alkanes) is 1. The number of hydrogen-bond acceptors (Lipinski definition) is 7. The molecule has 1 aromatic heterocycles. The third kappa shape index (κ3) is 3.75. The summed E-state index contributed by atoms with van der Waals surface area (Å²) in [5, 5.41) is 20.2. The first-order chi connectivity index (χ1) is 9.01. The van der Waals surface area contributed by atoms with Crippen LogP contribution < -0.4 is 10.6 Å². The van der Waals surface area contributed by atoms with Gasteiger partial charge in [-0.05, 0) is 13.3 Å². The van der Waals surface area contributed by atoms with Crippen LogP contribution in [0.4, 0.5) is 17.5 Å². The van der Waals surface area contributed by atoms with E-state index in [1.807, 2.05) is 6.92 Å². The third-order valence-corrected chi connectivity index (χ3v) is 2.69. The Bertz CT molecular complexity index is 452. The first-order valence-corrected chi connectivity index (χ1v) is 6.15. The van der Waals surface area contributed by atoms with E-state index >= 15 is 0 Å². The minimum atomic E-state index is -0.513. The number of rotatable bonds is 7. The fraction of sp³-hybridized carbons (Fsp3) is 0.636. The third-order valence-electron chi connectivity index (χ3n) is 2.69. The van der Waals surface area contributed by atoms with Gasteiger partial charge in [0.25, 0.3) is 0 Å². The number of nitro groups is 1. The van der Waals surface area contributed by atoms with Crippen LogP contribution in [-0.2, 0) is 0 Å². The van der Waals surface area contributed by atoms with Gasteiger partial charge in [-0.15, -0.1) is 0 Å². The van der Waals surface area contributed by atoms with E-state index in [1.165, 1.54) is 6.92 Å². The monoisotopic (exact) mass is 269 g/mol. The van der Waals surface area contributed by atoms with E-state index in [9.17, 15) is 10.1 Å². The molecule has 0 aliphatic heterocycles. The number of nitrogens with two attached hydrogens (primary N) is 1. The number of nitrogens with zero attached hydrogens (tertiary/aromatic N) is 4. The topological polar surface area (TPSA) is 118 Å². The molecule has 0 unspecified atom stereocenters. The predicted octanol–water partition coefficient (Wildman–Crippen LogP) is 0.874. The van der Waals surface area contributed by atoms with E-state index in [0.717, 1.165) is 12.8 Å². The van der Waals surface area contributed by atoms with E-state index in [4.69, 9.17) is 10.8 Å². The molecular formula is C11H19N5O3. The molecule has 0 aromatic carbocycles.